The van der Waals surface area contributed by atoms with E-state index in [4.69, 9.17) is 23.2 Å². The maximum atomic E-state index is 13.0. The Kier molecular flexibility index (Phi) is 4.30. The first kappa shape index (κ1) is 17.2. The van der Waals surface area contributed by atoms with Gasteiger partial charge in [-0.3, -0.25) is 0 Å². The molecule has 0 saturated heterocycles. The van der Waals surface area contributed by atoms with Gasteiger partial charge < -0.3 is 4.57 Å². The Labute approximate surface area is 147 Å². The lowest BCUT2D eigenvalue weighted by Crippen LogP contribution is -2.06. The topological polar surface area (TPSA) is 4.93 Å². The van der Waals surface area contributed by atoms with E-state index in [1.165, 1.54) is 12.1 Å². The first-order chi connectivity index (χ1) is 11.2. The predicted octanol–water partition coefficient (Wildman–Crippen LogP) is 6.20. The lowest BCUT2D eigenvalue weighted by molar-refractivity contribution is -0.137. The van der Waals surface area contributed by atoms with Crippen molar-refractivity contribution in [1.82, 2.24) is 4.57 Å². The van der Waals surface area contributed by atoms with Crippen LogP contribution in [0.5, 0.6) is 0 Å². The summed E-state index contributed by atoms with van der Waals surface area (Å²) >= 11 is 12.3. The third-order valence-electron chi connectivity index (χ3n) is 4.15. The fraction of sp³-hybridized carbons (Fsp3) is 0.222. The fourth-order valence-electron chi connectivity index (χ4n) is 2.82. The van der Waals surface area contributed by atoms with E-state index in [0.717, 1.165) is 11.1 Å². The number of benzene rings is 2. The largest absolute Gasteiger partial charge is 0.416 e. The number of halogens is 5. The van der Waals surface area contributed by atoms with Gasteiger partial charge >= 0.3 is 6.18 Å². The number of aryl methyl sites for hydroxylation is 2. The highest BCUT2D eigenvalue weighted by molar-refractivity contribution is 6.35. The molecule has 0 atom stereocenters. The van der Waals surface area contributed by atoms with Crippen molar-refractivity contribution < 1.29 is 13.2 Å². The van der Waals surface area contributed by atoms with Gasteiger partial charge in [-0.05, 0) is 42.3 Å². The molecule has 2 aromatic carbocycles. The highest BCUT2D eigenvalue weighted by Crippen LogP contribution is 2.35. The molecule has 0 aliphatic rings. The van der Waals surface area contributed by atoms with Crippen LogP contribution in [0, 0.1) is 13.0 Å². The first-order valence-corrected chi connectivity index (χ1v) is 7.95. The van der Waals surface area contributed by atoms with Gasteiger partial charge in [0.15, 0.2) is 0 Å². The zero-order valence-electron chi connectivity index (χ0n) is 12.9. The van der Waals surface area contributed by atoms with Crippen molar-refractivity contribution in [3.63, 3.8) is 0 Å². The van der Waals surface area contributed by atoms with Crippen LogP contribution in [0.4, 0.5) is 13.2 Å². The SMILES string of the molecule is Cc1cc(C(F)(F)F)cc2c1cc(Cc1c(Cl)[c]ccc1Cl)n2C. The van der Waals surface area contributed by atoms with Crippen molar-refractivity contribution in [2.24, 2.45) is 7.05 Å². The number of hydrogen-bond acceptors (Lipinski definition) is 0. The van der Waals surface area contributed by atoms with Crippen molar-refractivity contribution in [1.29, 1.82) is 0 Å². The molecule has 0 aliphatic heterocycles. The minimum atomic E-state index is -4.37. The fourth-order valence-corrected chi connectivity index (χ4v) is 3.32. The molecule has 0 bridgehead atoms. The van der Waals surface area contributed by atoms with Gasteiger partial charge in [-0.2, -0.15) is 13.2 Å². The molecule has 0 fully saturated rings. The first-order valence-electron chi connectivity index (χ1n) is 7.19. The summed E-state index contributed by atoms with van der Waals surface area (Å²) in [7, 11) is 1.74. The summed E-state index contributed by atoms with van der Waals surface area (Å²) in [5.41, 5.74) is 2.00. The van der Waals surface area contributed by atoms with E-state index in [-0.39, 0.29) is 0 Å². The van der Waals surface area contributed by atoms with Gasteiger partial charge in [0.05, 0.1) is 10.6 Å². The molecule has 24 heavy (non-hydrogen) atoms. The number of alkyl halides is 3. The lowest BCUT2D eigenvalue weighted by Gasteiger charge is -2.10. The van der Waals surface area contributed by atoms with Crippen LogP contribution in [-0.2, 0) is 19.6 Å². The maximum absolute atomic E-state index is 13.0. The summed E-state index contributed by atoms with van der Waals surface area (Å²) in [6, 6.07) is 10.4. The monoisotopic (exact) mass is 370 g/mol. The van der Waals surface area contributed by atoms with Gasteiger partial charge in [0.1, 0.15) is 0 Å². The average molecular weight is 371 g/mol. The zero-order chi connectivity index (χ0) is 17.6. The van der Waals surface area contributed by atoms with E-state index in [2.05, 4.69) is 6.07 Å². The molecule has 1 heterocycles. The summed E-state index contributed by atoms with van der Waals surface area (Å²) in [5, 5.41) is 1.71. The summed E-state index contributed by atoms with van der Waals surface area (Å²) in [6.07, 6.45) is -3.95. The van der Waals surface area contributed by atoms with Gasteiger partial charge in [0.25, 0.3) is 0 Å². The van der Waals surface area contributed by atoms with Gasteiger partial charge in [0, 0.05) is 41.2 Å². The molecule has 0 spiro atoms. The average Bonchev–Trinajstić information content (AvgIpc) is 2.80. The van der Waals surface area contributed by atoms with E-state index < -0.39 is 11.7 Å². The Hall–Kier alpha value is -1.65. The summed E-state index contributed by atoms with van der Waals surface area (Å²) < 4.78 is 40.9. The van der Waals surface area contributed by atoms with Crippen LogP contribution < -0.4 is 0 Å². The molecule has 1 radical (unpaired) electrons. The van der Waals surface area contributed by atoms with Crippen LogP contribution >= 0.6 is 23.2 Å². The third-order valence-corrected chi connectivity index (χ3v) is 4.84. The van der Waals surface area contributed by atoms with Crippen molar-refractivity contribution in [2.45, 2.75) is 19.5 Å². The smallest absolute Gasteiger partial charge is 0.347 e. The van der Waals surface area contributed by atoms with E-state index in [1.54, 1.807) is 30.7 Å². The number of hydrogen-bond donors (Lipinski definition) is 0. The van der Waals surface area contributed by atoms with Crippen LogP contribution in [0.15, 0.2) is 30.3 Å². The molecule has 0 saturated carbocycles. The maximum Gasteiger partial charge on any atom is 0.416 e. The Morgan fingerprint density at radius 2 is 1.88 bits per heavy atom. The normalized spacial score (nSPS) is 12.1. The van der Waals surface area contributed by atoms with Gasteiger partial charge in [-0.1, -0.05) is 29.3 Å². The van der Waals surface area contributed by atoms with Gasteiger partial charge in [-0.15, -0.1) is 0 Å². The lowest BCUT2D eigenvalue weighted by atomic mass is 10.1. The summed E-state index contributed by atoms with van der Waals surface area (Å²) in [6.45, 7) is 1.68. The Morgan fingerprint density at radius 1 is 1.17 bits per heavy atom. The molecule has 3 aromatic rings. The molecular weight excluding hydrogens is 358 g/mol. The highest BCUT2D eigenvalue weighted by Gasteiger charge is 2.31. The summed E-state index contributed by atoms with van der Waals surface area (Å²) in [4.78, 5) is 0. The molecule has 0 N–H and O–H groups in total. The van der Waals surface area contributed by atoms with Crippen molar-refractivity contribution in [3.05, 3.63) is 68.8 Å². The second-order valence-electron chi connectivity index (χ2n) is 5.71. The Balaban J connectivity index is 2.14. The molecular formula is C18H13Cl2F3N. The highest BCUT2D eigenvalue weighted by atomic mass is 35.5. The number of rotatable bonds is 2. The van der Waals surface area contributed by atoms with Crippen molar-refractivity contribution >= 4 is 34.1 Å². The molecule has 0 unspecified atom stereocenters. The summed E-state index contributed by atoms with van der Waals surface area (Å²) in [5.74, 6) is 0. The van der Waals surface area contributed by atoms with Crippen LogP contribution in [0.25, 0.3) is 10.9 Å². The second-order valence-corrected chi connectivity index (χ2v) is 6.50. The van der Waals surface area contributed by atoms with Crippen LogP contribution in [0.1, 0.15) is 22.4 Å². The molecule has 3 rings (SSSR count). The molecule has 6 heteroatoms. The Morgan fingerprint density at radius 3 is 2.50 bits per heavy atom. The number of aromatic nitrogens is 1. The molecule has 0 amide bonds. The van der Waals surface area contributed by atoms with E-state index in [0.29, 0.717) is 33.1 Å². The third kappa shape index (κ3) is 3.01. The van der Waals surface area contributed by atoms with Crippen LogP contribution in [-0.4, -0.2) is 4.57 Å². The Bertz CT molecular complexity index is 906. The standard InChI is InChI=1S/C18H13Cl2F3N/c1-10-6-11(18(21,22)23)7-17-13(10)8-12(24(17)2)9-14-15(19)4-3-5-16(14)20/h3-4,6-8H,9H2,1-2H3. The van der Waals surface area contributed by atoms with E-state index >= 15 is 0 Å². The van der Waals surface area contributed by atoms with Crippen molar-refractivity contribution in [3.8, 4) is 0 Å². The molecule has 0 aliphatic carbocycles. The number of fused-ring (bicyclic) bond motifs is 1. The number of nitrogens with zero attached hydrogens (tertiary/aromatic N) is 1. The van der Waals surface area contributed by atoms with Crippen LogP contribution in [0.3, 0.4) is 0 Å². The quantitative estimate of drug-likeness (QED) is 0.505. The molecule has 1 nitrogen and oxygen atoms in total. The molecule has 1 aromatic heterocycles. The molecule has 125 valence electrons. The van der Waals surface area contributed by atoms with E-state index in [1.807, 2.05) is 6.07 Å². The minimum Gasteiger partial charge on any atom is -0.347 e. The van der Waals surface area contributed by atoms with Crippen molar-refractivity contribution in [2.75, 3.05) is 0 Å². The van der Waals surface area contributed by atoms with E-state index in [9.17, 15) is 13.2 Å². The van der Waals surface area contributed by atoms with Gasteiger partial charge in [-0.25, -0.2) is 0 Å². The minimum absolute atomic E-state index is 0.417. The van der Waals surface area contributed by atoms with Crippen LogP contribution in [0.2, 0.25) is 10.0 Å². The zero-order valence-corrected chi connectivity index (χ0v) is 14.4. The predicted molar refractivity (Wildman–Crippen MR) is 90.8 cm³/mol. The second kappa shape index (κ2) is 6.01. The van der Waals surface area contributed by atoms with Gasteiger partial charge in [0.2, 0.25) is 0 Å².